The minimum absolute atomic E-state index is 0.00317. The van der Waals surface area contributed by atoms with E-state index in [9.17, 15) is 18.8 Å². The lowest BCUT2D eigenvalue weighted by molar-refractivity contribution is -0.138. The Balaban J connectivity index is 1.96. The van der Waals surface area contributed by atoms with Gasteiger partial charge in [-0.3, -0.25) is 14.4 Å². The van der Waals surface area contributed by atoms with Gasteiger partial charge in [-0.2, -0.15) is 0 Å². The molecular weight excluding hydrogens is 341 g/mol. The molecule has 0 aliphatic rings. The molecule has 7 heteroatoms. The van der Waals surface area contributed by atoms with Crippen molar-refractivity contribution >= 4 is 23.3 Å². The molecule has 0 atom stereocenters. The Bertz CT molecular complexity index is 834. The maximum atomic E-state index is 13.8. The number of benzene rings is 2. The van der Waals surface area contributed by atoms with Crippen molar-refractivity contribution in [3.63, 3.8) is 0 Å². The van der Waals surface area contributed by atoms with E-state index in [4.69, 9.17) is 9.84 Å². The molecule has 0 bridgehead atoms. The number of nitrogens with one attached hydrogen (secondary N) is 1. The summed E-state index contributed by atoms with van der Waals surface area (Å²) >= 11 is 0. The van der Waals surface area contributed by atoms with Crippen LogP contribution in [0.3, 0.4) is 0 Å². The van der Waals surface area contributed by atoms with Crippen LogP contribution in [-0.4, -0.2) is 22.8 Å². The molecular formula is C19H18FNO5. The normalized spacial score (nSPS) is 10.2. The number of carboxylic acid groups (broad SMARTS) is 1. The first-order valence-corrected chi connectivity index (χ1v) is 7.89. The van der Waals surface area contributed by atoms with Crippen LogP contribution < -0.4 is 10.1 Å². The van der Waals surface area contributed by atoms with Crippen molar-refractivity contribution in [2.45, 2.75) is 26.4 Å². The van der Waals surface area contributed by atoms with E-state index in [1.54, 1.807) is 24.3 Å². The van der Waals surface area contributed by atoms with Gasteiger partial charge in [-0.05, 0) is 36.8 Å². The lowest BCUT2D eigenvalue weighted by Gasteiger charge is -2.10. The van der Waals surface area contributed by atoms with Gasteiger partial charge < -0.3 is 15.2 Å². The summed E-state index contributed by atoms with van der Waals surface area (Å²) in [5, 5.41) is 11.2. The number of ketones is 1. The molecule has 0 saturated heterocycles. The number of carbonyl (C=O) groups excluding carboxylic acids is 2. The SMILES string of the molecule is CC(=O)c1ccc(OCc2cccc(NC(=O)CCC(=O)O)c2)cc1F. The van der Waals surface area contributed by atoms with Crippen molar-refractivity contribution in [2.24, 2.45) is 0 Å². The Morgan fingerprint density at radius 1 is 1.12 bits per heavy atom. The summed E-state index contributed by atoms with van der Waals surface area (Å²) in [6.45, 7) is 1.42. The molecule has 0 spiro atoms. The van der Waals surface area contributed by atoms with Crippen LogP contribution in [0, 0.1) is 5.82 Å². The fourth-order valence-corrected chi connectivity index (χ4v) is 2.22. The maximum Gasteiger partial charge on any atom is 0.303 e. The van der Waals surface area contributed by atoms with Gasteiger partial charge in [0, 0.05) is 18.2 Å². The first-order chi connectivity index (χ1) is 12.3. The largest absolute Gasteiger partial charge is 0.489 e. The number of hydrogen-bond acceptors (Lipinski definition) is 4. The molecule has 0 radical (unpaired) electrons. The summed E-state index contributed by atoms with van der Waals surface area (Å²) in [4.78, 5) is 33.3. The van der Waals surface area contributed by atoms with E-state index in [0.717, 1.165) is 11.6 Å². The van der Waals surface area contributed by atoms with E-state index in [1.165, 1.54) is 19.1 Å². The second-order valence-electron chi connectivity index (χ2n) is 5.63. The summed E-state index contributed by atoms with van der Waals surface area (Å²) in [6, 6.07) is 10.9. The number of Topliss-reactive ketones (excluding diaryl/α,β-unsaturated/α-hetero) is 1. The van der Waals surface area contributed by atoms with Crippen LogP contribution in [0.15, 0.2) is 42.5 Å². The van der Waals surface area contributed by atoms with Crippen LogP contribution in [0.1, 0.15) is 35.7 Å². The summed E-state index contributed by atoms with van der Waals surface area (Å²) < 4.78 is 19.3. The number of anilines is 1. The number of carbonyl (C=O) groups is 3. The van der Waals surface area contributed by atoms with Crippen molar-refractivity contribution in [1.29, 1.82) is 0 Å². The van der Waals surface area contributed by atoms with Gasteiger partial charge in [-0.25, -0.2) is 4.39 Å². The predicted molar refractivity (Wildman–Crippen MR) is 92.7 cm³/mol. The molecule has 2 aromatic carbocycles. The third-order valence-corrected chi connectivity index (χ3v) is 3.50. The van der Waals surface area contributed by atoms with E-state index >= 15 is 0 Å². The van der Waals surface area contributed by atoms with Crippen LogP contribution in [-0.2, 0) is 16.2 Å². The molecule has 26 heavy (non-hydrogen) atoms. The number of carboxylic acids is 1. The fourth-order valence-electron chi connectivity index (χ4n) is 2.22. The van der Waals surface area contributed by atoms with Gasteiger partial charge in [0.15, 0.2) is 5.78 Å². The quantitative estimate of drug-likeness (QED) is 0.705. The van der Waals surface area contributed by atoms with Crippen LogP contribution in [0.2, 0.25) is 0 Å². The monoisotopic (exact) mass is 359 g/mol. The van der Waals surface area contributed by atoms with Crippen molar-refractivity contribution < 1.29 is 28.6 Å². The number of aliphatic carboxylic acids is 1. The highest BCUT2D eigenvalue weighted by Crippen LogP contribution is 2.19. The number of rotatable bonds is 8. The Kier molecular flexibility index (Phi) is 6.43. The van der Waals surface area contributed by atoms with E-state index in [-0.39, 0.29) is 36.5 Å². The number of ether oxygens (including phenoxy) is 1. The van der Waals surface area contributed by atoms with E-state index < -0.39 is 17.7 Å². The van der Waals surface area contributed by atoms with Crippen LogP contribution in [0.5, 0.6) is 5.75 Å². The van der Waals surface area contributed by atoms with Crippen LogP contribution in [0.4, 0.5) is 10.1 Å². The molecule has 2 N–H and O–H groups in total. The molecule has 0 aliphatic carbocycles. The molecule has 0 saturated carbocycles. The van der Waals surface area contributed by atoms with Crippen molar-refractivity contribution in [1.82, 2.24) is 0 Å². The van der Waals surface area contributed by atoms with Crippen molar-refractivity contribution in [3.05, 3.63) is 59.4 Å². The third-order valence-electron chi connectivity index (χ3n) is 3.50. The highest BCUT2D eigenvalue weighted by Gasteiger charge is 2.09. The zero-order valence-corrected chi connectivity index (χ0v) is 14.1. The first-order valence-electron chi connectivity index (χ1n) is 7.89. The van der Waals surface area contributed by atoms with Crippen LogP contribution in [0.25, 0.3) is 0 Å². The van der Waals surface area contributed by atoms with E-state index in [2.05, 4.69) is 5.32 Å². The lowest BCUT2D eigenvalue weighted by Crippen LogP contribution is -2.13. The highest BCUT2D eigenvalue weighted by molar-refractivity contribution is 5.94. The van der Waals surface area contributed by atoms with Gasteiger partial charge in [-0.15, -0.1) is 0 Å². The van der Waals surface area contributed by atoms with Crippen LogP contribution >= 0.6 is 0 Å². The smallest absolute Gasteiger partial charge is 0.303 e. The molecule has 2 aromatic rings. The molecule has 1 amide bonds. The van der Waals surface area contributed by atoms with E-state index in [1.807, 2.05) is 0 Å². The maximum absolute atomic E-state index is 13.8. The third kappa shape index (κ3) is 5.70. The van der Waals surface area contributed by atoms with E-state index in [0.29, 0.717) is 5.69 Å². The van der Waals surface area contributed by atoms with Gasteiger partial charge in [0.25, 0.3) is 0 Å². The summed E-state index contributed by atoms with van der Waals surface area (Å²) in [7, 11) is 0. The molecule has 2 rings (SSSR count). The second kappa shape index (κ2) is 8.75. The van der Waals surface area contributed by atoms with Gasteiger partial charge >= 0.3 is 5.97 Å². The predicted octanol–water partition coefficient (Wildman–Crippen LogP) is 3.41. The summed E-state index contributed by atoms with van der Waals surface area (Å²) in [5.41, 5.74) is 1.25. The number of halogens is 1. The summed E-state index contributed by atoms with van der Waals surface area (Å²) in [6.07, 6.45) is -0.353. The molecule has 0 aliphatic heterocycles. The minimum Gasteiger partial charge on any atom is -0.489 e. The highest BCUT2D eigenvalue weighted by atomic mass is 19.1. The molecule has 0 unspecified atom stereocenters. The number of hydrogen-bond donors (Lipinski definition) is 2. The average molecular weight is 359 g/mol. The average Bonchev–Trinajstić information content (AvgIpc) is 2.58. The van der Waals surface area contributed by atoms with Gasteiger partial charge in [-0.1, -0.05) is 12.1 Å². The molecule has 0 fully saturated rings. The van der Waals surface area contributed by atoms with Gasteiger partial charge in [0.2, 0.25) is 5.91 Å². The van der Waals surface area contributed by atoms with Gasteiger partial charge in [0.1, 0.15) is 18.2 Å². The molecule has 0 aromatic heterocycles. The second-order valence-corrected chi connectivity index (χ2v) is 5.63. The minimum atomic E-state index is -1.04. The van der Waals surface area contributed by atoms with Gasteiger partial charge in [0.05, 0.1) is 12.0 Å². The first kappa shape index (κ1) is 19.1. The Morgan fingerprint density at radius 3 is 2.54 bits per heavy atom. The van der Waals surface area contributed by atoms with Crippen molar-refractivity contribution in [2.75, 3.05) is 5.32 Å². The zero-order chi connectivity index (χ0) is 19.1. The number of amides is 1. The topological polar surface area (TPSA) is 92.7 Å². The Hall–Kier alpha value is -3.22. The Labute approximate surface area is 149 Å². The lowest BCUT2D eigenvalue weighted by atomic mass is 10.1. The standard InChI is InChI=1S/C19H18FNO5/c1-12(22)16-6-5-15(10-17(16)20)26-11-13-3-2-4-14(9-13)21-18(23)7-8-19(24)25/h2-6,9-10H,7-8,11H2,1H3,(H,21,23)(H,24,25). The molecule has 136 valence electrons. The summed E-state index contributed by atoms with van der Waals surface area (Å²) in [5.74, 6) is -2.16. The molecule has 0 heterocycles. The van der Waals surface area contributed by atoms with Crippen molar-refractivity contribution in [3.8, 4) is 5.75 Å². The fraction of sp³-hybridized carbons (Fsp3) is 0.211. The zero-order valence-electron chi connectivity index (χ0n) is 14.1. The Morgan fingerprint density at radius 2 is 1.88 bits per heavy atom. The molecule has 6 nitrogen and oxygen atoms in total.